The van der Waals surface area contributed by atoms with Gasteiger partial charge in [0.2, 0.25) is 23.6 Å². The molecule has 17 nitrogen and oxygen atoms in total. The molecule has 17 heteroatoms. The number of aliphatic carboxylic acids is 1. The molecule has 12 N–H and O–H groups in total. The van der Waals surface area contributed by atoms with E-state index in [0.29, 0.717) is 28.7 Å². The first-order chi connectivity index (χ1) is 22.4. The van der Waals surface area contributed by atoms with Crippen LogP contribution in [0.4, 0.5) is 0 Å². The molecule has 3 rings (SSSR count). The van der Waals surface area contributed by atoms with Crippen molar-refractivity contribution in [1.82, 2.24) is 26.2 Å². The summed E-state index contributed by atoms with van der Waals surface area (Å²) in [6.07, 6.45) is -1.23. The number of guanidine groups is 1. The predicted molar refractivity (Wildman–Crippen MR) is 173 cm³/mol. The average molecular weight is 673 g/mol. The number of hydrogen-bond donors (Lipinski definition) is 10. The van der Waals surface area contributed by atoms with Crippen molar-refractivity contribution < 1.29 is 43.7 Å². The molecule has 0 fully saturated rings. The van der Waals surface area contributed by atoms with E-state index >= 15 is 0 Å². The summed E-state index contributed by atoms with van der Waals surface area (Å²) in [6.45, 7) is 8.01. The van der Waals surface area contributed by atoms with E-state index in [1.807, 2.05) is 13.0 Å². The van der Waals surface area contributed by atoms with Crippen molar-refractivity contribution in [2.24, 2.45) is 11.5 Å². The lowest BCUT2D eigenvalue weighted by molar-refractivity contribution is -0.146. The van der Waals surface area contributed by atoms with E-state index in [-0.39, 0.29) is 24.7 Å². The Morgan fingerprint density at radius 3 is 2.10 bits per heavy atom. The van der Waals surface area contributed by atoms with Gasteiger partial charge in [-0.1, -0.05) is 23.8 Å². The molecule has 0 aliphatic carbocycles. The number of nitrogens with zero attached hydrogens (tertiary/aromatic N) is 1. The minimum Gasteiger partial charge on any atom is -0.480 e. The van der Waals surface area contributed by atoms with Crippen molar-refractivity contribution in [1.29, 1.82) is 5.41 Å². The lowest BCUT2D eigenvalue weighted by Crippen LogP contribution is -2.58. The second-order valence-electron chi connectivity index (χ2n) is 11.9. The molecule has 1 aliphatic rings. The predicted octanol–water partition coefficient (Wildman–Crippen LogP) is -1.62. The molecule has 2 heterocycles. The quantitative estimate of drug-likeness (QED) is 0.0616. The maximum atomic E-state index is 13.3. The van der Waals surface area contributed by atoms with E-state index in [1.54, 1.807) is 25.1 Å². The number of aliphatic hydroxyl groups is 2. The highest BCUT2D eigenvalue weighted by Crippen LogP contribution is 2.33. The topological polar surface area (TPSA) is 286 Å². The van der Waals surface area contributed by atoms with Crippen LogP contribution < -0.4 is 32.7 Å². The van der Waals surface area contributed by atoms with E-state index in [2.05, 4.69) is 21.3 Å². The highest BCUT2D eigenvalue weighted by molar-refractivity contribution is 5.95. The van der Waals surface area contributed by atoms with Gasteiger partial charge < -0.3 is 57.4 Å². The lowest BCUT2D eigenvalue weighted by atomic mass is 10.0. The van der Waals surface area contributed by atoms with Crippen molar-refractivity contribution in [2.75, 3.05) is 13.1 Å². The number of hydrogen-bond acceptors (Lipinski definition) is 10. The SMILES string of the molecule is Cc1cccc2oc(C(O)C(NC(=O)C(C)NC(=O)C(C)NC(=O)C(CC3=CCN(C(=N)N)C3)NC(=O)C(N)C(C)O)C(=O)O)c(C)c12. The van der Waals surface area contributed by atoms with Crippen LogP contribution in [-0.4, -0.2) is 105 Å². The van der Waals surface area contributed by atoms with Crippen molar-refractivity contribution >= 4 is 46.5 Å². The van der Waals surface area contributed by atoms with Gasteiger partial charge in [-0.15, -0.1) is 0 Å². The minimum atomic E-state index is -1.82. The molecule has 1 aromatic carbocycles. The molecule has 2 aromatic rings. The zero-order valence-corrected chi connectivity index (χ0v) is 27.4. The van der Waals surface area contributed by atoms with Gasteiger partial charge in [-0.2, -0.15) is 0 Å². The number of nitrogens with two attached hydrogens (primary N) is 2. The molecule has 1 aromatic heterocycles. The fourth-order valence-electron chi connectivity index (χ4n) is 5.20. The molecule has 0 saturated carbocycles. The summed E-state index contributed by atoms with van der Waals surface area (Å²) < 4.78 is 5.73. The van der Waals surface area contributed by atoms with Gasteiger partial charge in [0.15, 0.2) is 12.0 Å². The normalized spacial score (nSPS) is 17.2. The molecule has 48 heavy (non-hydrogen) atoms. The number of aryl methyl sites for hydroxylation is 2. The van der Waals surface area contributed by atoms with E-state index < -0.39 is 72.0 Å². The highest BCUT2D eigenvalue weighted by atomic mass is 16.4. The first-order valence-electron chi connectivity index (χ1n) is 15.2. The van der Waals surface area contributed by atoms with Crippen LogP contribution in [-0.2, 0) is 24.0 Å². The monoisotopic (exact) mass is 672 g/mol. The standard InChI is InChI=1S/C31H44N8O9/c1-13-7-6-8-20-21(13)14(2)25(48-20)24(41)23(30(46)47)38-27(43)16(4)35-26(42)15(3)36-28(44)19(37-29(45)22(32)17(5)40)11-18-9-10-39(12-18)31(33)34/h6-9,15-17,19,22-24,40-41H,10-12,32H2,1-5H3,(H3,33,34)(H,35,42)(H,36,44)(H,37,45)(H,38,43)(H,46,47). The van der Waals surface area contributed by atoms with Crippen molar-refractivity contribution in [3.05, 3.63) is 46.7 Å². The van der Waals surface area contributed by atoms with Crippen LogP contribution in [0.5, 0.6) is 0 Å². The van der Waals surface area contributed by atoms with Crippen molar-refractivity contribution in [3.63, 3.8) is 0 Å². The lowest BCUT2D eigenvalue weighted by Gasteiger charge is -2.25. The maximum absolute atomic E-state index is 13.3. The summed E-state index contributed by atoms with van der Waals surface area (Å²) in [6, 6.07) is -1.65. The number of aliphatic hydroxyl groups excluding tert-OH is 2. The number of carboxylic acid groups (broad SMARTS) is 1. The van der Waals surface area contributed by atoms with Crippen LogP contribution in [0, 0.1) is 19.3 Å². The van der Waals surface area contributed by atoms with Gasteiger partial charge >= 0.3 is 5.97 Å². The second kappa shape index (κ2) is 15.7. The summed E-state index contributed by atoms with van der Waals surface area (Å²) in [4.78, 5) is 65.4. The van der Waals surface area contributed by atoms with Crippen LogP contribution in [0.15, 0.2) is 34.3 Å². The Morgan fingerprint density at radius 1 is 0.958 bits per heavy atom. The Morgan fingerprint density at radius 2 is 1.56 bits per heavy atom. The molecular weight excluding hydrogens is 628 g/mol. The smallest absolute Gasteiger partial charge is 0.329 e. The number of carboxylic acids is 1. The number of nitrogens with one attached hydrogen (secondary N) is 5. The molecule has 0 bridgehead atoms. The highest BCUT2D eigenvalue weighted by Gasteiger charge is 2.36. The van der Waals surface area contributed by atoms with E-state index in [1.165, 1.54) is 25.7 Å². The molecule has 0 radical (unpaired) electrons. The molecule has 0 spiro atoms. The second-order valence-corrected chi connectivity index (χ2v) is 11.9. The van der Waals surface area contributed by atoms with Crippen LogP contribution in [0.3, 0.4) is 0 Å². The summed E-state index contributed by atoms with van der Waals surface area (Å²) in [5, 5.41) is 48.4. The Kier molecular flexibility index (Phi) is 12.3. The fourth-order valence-corrected chi connectivity index (χ4v) is 5.20. The summed E-state index contributed by atoms with van der Waals surface area (Å²) >= 11 is 0. The molecule has 4 amide bonds. The number of rotatable bonds is 14. The number of carbonyl (C=O) groups is 5. The van der Waals surface area contributed by atoms with Gasteiger partial charge in [0, 0.05) is 24.0 Å². The summed E-state index contributed by atoms with van der Waals surface area (Å²) in [5.41, 5.74) is 13.8. The van der Waals surface area contributed by atoms with E-state index in [4.69, 9.17) is 21.3 Å². The van der Waals surface area contributed by atoms with E-state index in [0.717, 1.165) is 5.56 Å². The van der Waals surface area contributed by atoms with Gasteiger partial charge in [0.1, 0.15) is 41.6 Å². The van der Waals surface area contributed by atoms with Crippen LogP contribution in [0.2, 0.25) is 0 Å². The summed E-state index contributed by atoms with van der Waals surface area (Å²) in [7, 11) is 0. The van der Waals surface area contributed by atoms with E-state index in [9.17, 15) is 39.3 Å². The maximum Gasteiger partial charge on any atom is 0.329 e. The number of benzene rings is 1. The molecule has 7 atom stereocenters. The van der Waals surface area contributed by atoms with Crippen LogP contribution in [0.1, 0.15) is 50.2 Å². The first kappa shape index (κ1) is 37.5. The third-order valence-corrected chi connectivity index (χ3v) is 8.11. The molecule has 7 unspecified atom stereocenters. The third-order valence-electron chi connectivity index (χ3n) is 8.11. The van der Waals surface area contributed by atoms with Gasteiger partial charge in [-0.3, -0.25) is 24.6 Å². The van der Waals surface area contributed by atoms with Crippen molar-refractivity contribution in [3.8, 4) is 0 Å². The average Bonchev–Trinajstić information content (AvgIpc) is 3.63. The third kappa shape index (κ3) is 8.87. The number of amides is 4. The Bertz CT molecular complexity index is 1600. The largest absolute Gasteiger partial charge is 0.480 e. The molecule has 1 aliphatic heterocycles. The molecule has 262 valence electrons. The van der Waals surface area contributed by atoms with Gasteiger partial charge in [-0.25, -0.2) is 4.79 Å². The number of furan rings is 1. The summed E-state index contributed by atoms with van der Waals surface area (Å²) in [5.74, 6) is -5.06. The minimum absolute atomic E-state index is 0.00972. The van der Waals surface area contributed by atoms with Gasteiger partial charge in [0.05, 0.1) is 6.10 Å². The zero-order valence-electron chi connectivity index (χ0n) is 27.4. The number of carbonyl (C=O) groups excluding carboxylic acids is 4. The Balaban J connectivity index is 1.65. The first-order valence-corrected chi connectivity index (χ1v) is 15.2. The zero-order chi connectivity index (χ0) is 36.0. The molecule has 0 saturated heterocycles. The van der Waals surface area contributed by atoms with Gasteiger partial charge in [0.25, 0.3) is 0 Å². The fraction of sp³-hybridized carbons (Fsp3) is 0.484. The van der Waals surface area contributed by atoms with Crippen molar-refractivity contribution in [2.45, 2.75) is 83.5 Å². The van der Waals surface area contributed by atoms with Gasteiger partial charge in [-0.05, 0) is 52.7 Å². The number of fused-ring (bicyclic) bond motifs is 1. The molecular formula is C31H44N8O9. The Labute approximate surface area is 276 Å². The van der Waals surface area contributed by atoms with Crippen LogP contribution in [0.25, 0.3) is 11.0 Å². The van der Waals surface area contributed by atoms with Crippen LogP contribution >= 0.6 is 0 Å². The Hall–Kier alpha value is -5.00.